The summed E-state index contributed by atoms with van der Waals surface area (Å²) in [7, 11) is 1.48. The van der Waals surface area contributed by atoms with E-state index >= 15 is 0 Å². The second-order valence-electron chi connectivity index (χ2n) is 6.32. The summed E-state index contributed by atoms with van der Waals surface area (Å²) >= 11 is 6.12. The van der Waals surface area contributed by atoms with Crippen LogP contribution >= 0.6 is 11.6 Å². The third-order valence-corrected chi connectivity index (χ3v) is 4.78. The van der Waals surface area contributed by atoms with Gasteiger partial charge in [0, 0.05) is 5.02 Å². The average Bonchev–Trinajstić information content (AvgIpc) is 2.91. The number of anilines is 1. The molecule has 1 saturated heterocycles. The van der Waals surface area contributed by atoms with Crippen LogP contribution in [0.1, 0.15) is 18.5 Å². The summed E-state index contributed by atoms with van der Waals surface area (Å²) in [6, 6.07) is 11.7. The molecule has 29 heavy (non-hydrogen) atoms. The summed E-state index contributed by atoms with van der Waals surface area (Å²) in [4.78, 5) is 50.9. The molecule has 1 aliphatic heterocycles. The van der Waals surface area contributed by atoms with Gasteiger partial charge < -0.3 is 10.1 Å². The second-order valence-corrected chi connectivity index (χ2v) is 6.73. The Morgan fingerprint density at radius 2 is 1.72 bits per heavy atom. The van der Waals surface area contributed by atoms with Gasteiger partial charge in [0.25, 0.3) is 0 Å². The van der Waals surface area contributed by atoms with E-state index in [1.54, 1.807) is 43.3 Å². The number of hydrogen-bond acceptors (Lipinski definition) is 5. The van der Waals surface area contributed by atoms with Crippen molar-refractivity contribution in [1.82, 2.24) is 10.2 Å². The summed E-state index contributed by atoms with van der Waals surface area (Å²) in [6.45, 7) is 1.15. The van der Waals surface area contributed by atoms with E-state index in [2.05, 4.69) is 5.32 Å². The minimum absolute atomic E-state index is 0.210. The highest BCUT2D eigenvalue weighted by Gasteiger charge is 2.46. The molecule has 0 saturated carbocycles. The number of amides is 5. The molecule has 0 unspecified atom stereocenters. The predicted molar refractivity (Wildman–Crippen MR) is 106 cm³/mol. The first-order valence-corrected chi connectivity index (χ1v) is 9.09. The van der Waals surface area contributed by atoms with Crippen LogP contribution in [0.4, 0.5) is 10.5 Å². The van der Waals surface area contributed by atoms with Crippen LogP contribution in [0.3, 0.4) is 0 Å². The van der Waals surface area contributed by atoms with Crippen molar-refractivity contribution in [2.24, 2.45) is 0 Å². The third kappa shape index (κ3) is 4.07. The Labute approximate surface area is 172 Å². The van der Waals surface area contributed by atoms with Crippen molar-refractivity contribution in [2.75, 3.05) is 18.6 Å². The number of halogens is 1. The standard InChI is InChI=1S/C20H18ClN3O5/c1-12(15-5-3-4-6-16(15)21)22-17(25)11-23-18(26)19(27)24(20(23)28)13-7-9-14(29-2)10-8-13/h3-10,12H,11H2,1-2H3,(H,22,25)/t12-/m1/s1. The van der Waals surface area contributed by atoms with Crippen molar-refractivity contribution in [2.45, 2.75) is 13.0 Å². The third-order valence-electron chi connectivity index (χ3n) is 4.43. The van der Waals surface area contributed by atoms with E-state index in [0.29, 0.717) is 21.2 Å². The number of rotatable bonds is 6. The van der Waals surface area contributed by atoms with Crippen LogP contribution < -0.4 is 15.0 Å². The van der Waals surface area contributed by atoms with E-state index in [1.165, 1.54) is 19.2 Å². The highest BCUT2D eigenvalue weighted by molar-refractivity contribution is 6.53. The molecule has 150 valence electrons. The predicted octanol–water partition coefficient (Wildman–Crippen LogP) is 2.52. The molecule has 0 bridgehead atoms. The molecule has 8 nitrogen and oxygen atoms in total. The first kappa shape index (κ1) is 20.3. The summed E-state index contributed by atoms with van der Waals surface area (Å²) in [6.07, 6.45) is 0. The number of nitrogens with zero attached hydrogens (tertiary/aromatic N) is 2. The van der Waals surface area contributed by atoms with Crippen LogP contribution in [0, 0.1) is 0 Å². The molecule has 1 fully saturated rings. The van der Waals surface area contributed by atoms with E-state index in [9.17, 15) is 19.2 Å². The number of carbonyl (C=O) groups is 4. The molecule has 1 aliphatic rings. The van der Waals surface area contributed by atoms with Gasteiger partial charge in [-0.25, -0.2) is 14.6 Å². The normalized spacial score (nSPS) is 14.9. The number of imide groups is 2. The molecule has 1 heterocycles. The lowest BCUT2D eigenvalue weighted by Crippen LogP contribution is -2.42. The Morgan fingerprint density at radius 3 is 2.34 bits per heavy atom. The van der Waals surface area contributed by atoms with Gasteiger partial charge in [0.1, 0.15) is 12.3 Å². The van der Waals surface area contributed by atoms with Crippen LogP contribution in [0.25, 0.3) is 0 Å². The van der Waals surface area contributed by atoms with Gasteiger partial charge in [0.2, 0.25) is 5.91 Å². The highest BCUT2D eigenvalue weighted by atomic mass is 35.5. The molecular formula is C20H18ClN3O5. The Balaban J connectivity index is 1.71. The fraction of sp³-hybridized carbons (Fsp3) is 0.200. The first-order chi connectivity index (χ1) is 13.8. The maximum absolute atomic E-state index is 12.6. The minimum Gasteiger partial charge on any atom is -0.497 e. The van der Waals surface area contributed by atoms with Gasteiger partial charge in [-0.1, -0.05) is 29.8 Å². The van der Waals surface area contributed by atoms with Crippen LogP contribution in [0.2, 0.25) is 5.02 Å². The first-order valence-electron chi connectivity index (χ1n) is 8.71. The van der Waals surface area contributed by atoms with Gasteiger partial charge >= 0.3 is 17.8 Å². The largest absolute Gasteiger partial charge is 0.497 e. The molecule has 0 spiro atoms. The molecule has 3 rings (SSSR count). The lowest BCUT2D eigenvalue weighted by molar-refractivity contribution is -0.140. The van der Waals surface area contributed by atoms with Crippen molar-refractivity contribution >= 4 is 41.0 Å². The van der Waals surface area contributed by atoms with Crippen LogP contribution in [-0.4, -0.2) is 42.3 Å². The van der Waals surface area contributed by atoms with E-state index in [1.807, 2.05) is 0 Å². The molecule has 0 aliphatic carbocycles. The molecular weight excluding hydrogens is 398 g/mol. The molecule has 5 amide bonds. The zero-order chi connectivity index (χ0) is 21.1. The summed E-state index contributed by atoms with van der Waals surface area (Å²) in [5.41, 5.74) is 0.902. The zero-order valence-corrected chi connectivity index (χ0v) is 16.5. The molecule has 0 aromatic heterocycles. The molecule has 1 N–H and O–H groups in total. The number of nitrogens with one attached hydrogen (secondary N) is 1. The zero-order valence-electron chi connectivity index (χ0n) is 15.7. The fourth-order valence-corrected chi connectivity index (χ4v) is 3.24. The number of ether oxygens (including phenoxy) is 1. The van der Waals surface area contributed by atoms with Crippen molar-refractivity contribution in [3.8, 4) is 5.75 Å². The lowest BCUT2D eigenvalue weighted by atomic mass is 10.1. The lowest BCUT2D eigenvalue weighted by Gasteiger charge is -2.18. The molecule has 9 heteroatoms. The number of urea groups is 1. The van der Waals surface area contributed by atoms with E-state index in [4.69, 9.17) is 16.3 Å². The maximum Gasteiger partial charge on any atom is 0.339 e. The van der Waals surface area contributed by atoms with Crippen molar-refractivity contribution in [3.63, 3.8) is 0 Å². The number of methoxy groups -OCH3 is 1. The van der Waals surface area contributed by atoms with E-state index in [0.717, 1.165) is 4.90 Å². The molecule has 1 atom stereocenters. The van der Waals surface area contributed by atoms with Gasteiger partial charge in [-0.2, -0.15) is 0 Å². The van der Waals surface area contributed by atoms with E-state index in [-0.39, 0.29) is 5.69 Å². The Morgan fingerprint density at radius 1 is 1.07 bits per heavy atom. The SMILES string of the molecule is COc1ccc(N2C(=O)C(=O)N(CC(=O)N[C@H](C)c3ccccc3Cl)C2=O)cc1. The van der Waals surface area contributed by atoms with Gasteiger partial charge in [-0.3, -0.25) is 14.4 Å². The maximum atomic E-state index is 12.6. The number of hydrogen-bond donors (Lipinski definition) is 1. The number of carbonyl (C=O) groups excluding carboxylic acids is 4. The van der Waals surface area contributed by atoms with Crippen LogP contribution in [0.15, 0.2) is 48.5 Å². The smallest absolute Gasteiger partial charge is 0.339 e. The second kappa shape index (κ2) is 8.32. The van der Waals surface area contributed by atoms with E-state index < -0.39 is 36.3 Å². The van der Waals surface area contributed by atoms with Crippen LogP contribution in [0.5, 0.6) is 5.75 Å². The summed E-state index contributed by atoms with van der Waals surface area (Å²) in [5, 5.41) is 3.15. The molecule has 2 aromatic carbocycles. The summed E-state index contributed by atoms with van der Waals surface area (Å²) < 4.78 is 5.03. The molecule has 2 aromatic rings. The van der Waals surface area contributed by atoms with Crippen molar-refractivity contribution in [3.05, 3.63) is 59.1 Å². The van der Waals surface area contributed by atoms with Gasteiger partial charge in [0.05, 0.1) is 18.8 Å². The summed E-state index contributed by atoms with van der Waals surface area (Å²) in [5.74, 6) is -2.15. The fourth-order valence-electron chi connectivity index (χ4n) is 2.94. The van der Waals surface area contributed by atoms with Gasteiger partial charge in [0.15, 0.2) is 0 Å². The number of benzene rings is 2. The van der Waals surface area contributed by atoms with Crippen molar-refractivity contribution < 1.29 is 23.9 Å². The minimum atomic E-state index is -1.06. The van der Waals surface area contributed by atoms with Gasteiger partial charge in [-0.15, -0.1) is 0 Å². The quantitative estimate of drug-likeness (QED) is 0.577. The average molecular weight is 416 g/mol. The Hall–Kier alpha value is -3.39. The van der Waals surface area contributed by atoms with Gasteiger partial charge in [-0.05, 0) is 42.8 Å². The van der Waals surface area contributed by atoms with Crippen LogP contribution in [-0.2, 0) is 14.4 Å². The monoisotopic (exact) mass is 415 g/mol. The highest BCUT2D eigenvalue weighted by Crippen LogP contribution is 2.25. The van der Waals surface area contributed by atoms with Crippen molar-refractivity contribution in [1.29, 1.82) is 0 Å². The topological polar surface area (TPSA) is 96.0 Å². The Bertz CT molecular complexity index is 976. The molecule has 0 radical (unpaired) electrons. The Kier molecular flexibility index (Phi) is 5.84.